The highest BCUT2D eigenvalue weighted by atomic mass is 16.5. The lowest BCUT2D eigenvalue weighted by atomic mass is 9.84. The van der Waals surface area contributed by atoms with Crippen LogP contribution in [0.2, 0.25) is 0 Å². The van der Waals surface area contributed by atoms with Crippen LogP contribution in [0.3, 0.4) is 0 Å². The lowest BCUT2D eigenvalue weighted by molar-refractivity contribution is -0.155. The molecule has 8 rings (SSSR count). The zero-order valence-electron chi connectivity index (χ0n) is 39.9. The van der Waals surface area contributed by atoms with Crippen LogP contribution >= 0.6 is 0 Å². The summed E-state index contributed by atoms with van der Waals surface area (Å²) in [6, 6.07) is 12.6. The molecule has 15 heteroatoms. The van der Waals surface area contributed by atoms with Crippen molar-refractivity contribution >= 4 is 40.5 Å². The molecule has 4 aromatic rings. The number of aromatic hydroxyl groups is 1. The highest BCUT2D eigenvalue weighted by Gasteiger charge is 2.54. The first-order chi connectivity index (χ1) is 32.0. The molecule has 4 amide bonds. The Kier molecular flexibility index (Phi) is 13.4. The molecule has 356 valence electrons. The van der Waals surface area contributed by atoms with Crippen molar-refractivity contribution in [2.75, 3.05) is 39.9 Å². The average Bonchev–Trinajstić information content (AvgIpc) is 3.99. The Balaban J connectivity index is 1.20. The van der Waals surface area contributed by atoms with Crippen LogP contribution in [0.5, 0.6) is 5.75 Å². The molecule has 0 saturated carbocycles. The minimum Gasteiger partial charge on any atom is -0.508 e. The number of amides is 4. The number of nitrogens with one attached hydrogen (secondary N) is 2. The van der Waals surface area contributed by atoms with E-state index in [4.69, 9.17) is 14.5 Å². The van der Waals surface area contributed by atoms with Gasteiger partial charge in [-0.05, 0) is 117 Å². The highest BCUT2D eigenvalue weighted by molar-refractivity contribution is 5.97. The van der Waals surface area contributed by atoms with Gasteiger partial charge in [0, 0.05) is 74.3 Å². The fourth-order valence-corrected chi connectivity index (χ4v) is 10.8. The summed E-state index contributed by atoms with van der Waals surface area (Å²) in [5, 5.41) is 16.8. The number of hydrogen-bond donors (Lipinski definition) is 3. The number of esters is 1. The number of phenolic OH excluding ortho intramolecular Hbond substituents is 1. The summed E-state index contributed by atoms with van der Waals surface area (Å²) in [6.45, 7) is 17.7. The number of hydrogen-bond acceptors (Lipinski definition) is 10. The van der Waals surface area contributed by atoms with Crippen LogP contribution in [0, 0.1) is 16.7 Å². The number of ether oxygens (including phenoxy) is 2. The lowest BCUT2D eigenvalue weighted by Crippen LogP contribution is -2.62. The van der Waals surface area contributed by atoms with E-state index in [1.807, 2.05) is 39.0 Å². The van der Waals surface area contributed by atoms with Gasteiger partial charge in [-0.15, -0.1) is 0 Å². The summed E-state index contributed by atoms with van der Waals surface area (Å²) in [5.74, 6) is -2.16. The van der Waals surface area contributed by atoms with Crippen molar-refractivity contribution in [2.45, 2.75) is 111 Å². The number of pyridine rings is 1. The van der Waals surface area contributed by atoms with Crippen LogP contribution in [0.25, 0.3) is 33.3 Å². The van der Waals surface area contributed by atoms with Crippen molar-refractivity contribution < 1.29 is 38.6 Å². The summed E-state index contributed by atoms with van der Waals surface area (Å²) in [6.07, 6.45) is 5.24. The van der Waals surface area contributed by atoms with Gasteiger partial charge in [-0.25, -0.2) is 5.43 Å². The number of rotatable bonds is 9. The van der Waals surface area contributed by atoms with Gasteiger partial charge in [-0.3, -0.25) is 34.0 Å². The molecular weight excluding hydrogens is 851 g/mol. The van der Waals surface area contributed by atoms with E-state index >= 15 is 0 Å². The number of carbonyl (C=O) groups excluding carboxylic acids is 5. The molecule has 6 bridgehead atoms. The van der Waals surface area contributed by atoms with E-state index in [0.717, 1.165) is 44.5 Å². The minimum absolute atomic E-state index is 0.000101. The Bertz CT molecular complexity index is 2600. The number of aryl methyl sites for hydroxylation is 1. The van der Waals surface area contributed by atoms with Gasteiger partial charge in [0.1, 0.15) is 23.9 Å². The molecule has 4 aliphatic heterocycles. The minimum atomic E-state index is -1.15. The molecule has 67 heavy (non-hydrogen) atoms. The van der Waals surface area contributed by atoms with Crippen LogP contribution in [-0.4, -0.2) is 117 Å². The molecule has 3 saturated heterocycles. The van der Waals surface area contributed by atoms with E-state index in [1.54, 1.807) is 35.2 Å². The van der Waals surface area contributed by atoms with E-state index < -0.39 is 46.7 Å². The number of carbonyl (C=O) groups is 5. The number of benzene rings is 2. The second kappa shape index (κ2) is 18.9. The smallest absolute Gasteiger partial charge is 0.324 e. The number of hydrazine groups is 1. The summed E-state index contributed by atoms with van der Waals surface area (Å²) in [4.78, 5) is 78.3. The topological polar surface area (TPSA) is 176 Å². The molecule has 4 aliphatic rings. The molecule has 3 fully saturated rings. The van der Waals surface area contributed by atoms with E-state index in [2.05, 4.69) is 60.9 Å². The van der Waals surface area contributed by atoms with E-state index in [1.165, 1.54) is 11.1 Å². The summed E-state index contributed by atoms with van der Waals surface area (Å²) >= 11 is 0. The van der Waals surface area contributed by atoms with Gasteiger partial charge in [0.05, 0.1) is 29.5 Å². The number of phenols is 1. The van der Waals surface area contributed by atoms with Crippen molar-refractivity contribution in [3.63, 3.8) is 0 Å². The first-order valence-corrected chi connectivity index (χ1v) is 23.7. The highest BCUT2D eigenvalue weighted by Crippen LogP contribution is 2.44. The van der Waals surface area contributed by atoms with Gasteiger partial charge in [-0.1, -0.05) is 46.4 Å². The Labute approximate surface area is 392 Å². The molecule has 3 N–H and O–H groups in total. The van der Waals surface area contributed by atoms with Gasteiger partial charge >= 0.3 is 5.97 Å². The zero-order chi connectivity index (χ0) is 47.9. The lowest BCUT2D eigenvalue weighted by Gasteiger charge is -2.37. The monoisotopic (exact) mass is 915 g/mol. The molecule has 1 unspecified atom stereocenters. The molecule has 5 atom stereocenters. The van der Waals surface area contributed by atoms with Gasteiger partial charge in [-0.2, -0.15) is 0 Å². The summed E-state index contributed by atoms with van der Waals surface area (Å²) < 4.78 is 14.2. The van der Waals surface area contributed by atoms with Crippen LogP contribution in [-0.2, 0) is 52.8 Å². The van der Waals surface area contributed by atoms with Gasteiger partial charge < -0.3 is 34.3 Å². The fraction of sp³-hybridized carbons (Fsp3) is 0.500. The van der Waals surface area contributed by atoms with Gasteiger partial charge in [0.15, 0.2) is 0 Å². The van der Waals surface area contributed by atoms with E-state index in [-0.39, 0.29) is 55.7 Å². The molecule has 0 aliphatic carbocycles. The average molecular weight is 916 g/mol. The molecular formula is C52H65N7O8. The fourth-order valence-electron chi connectivity index (χ4n) is 10.8. The largest absolute Gasteiger partial charge is 0.508 e. The first-order valence-electron chi connectivity index (χ1n) is 23.7. The maximum absolute atomic E-state index is 14.8. The Morgan fingerprint density at radius 3 is 2.57 bits per heavy atom. The maximum atomic E-state index is 14.8. The third-order valence-electron chi connectivity index (χ3n) is 14.3. The zero-order valence-corrected chi connectivity index (χ0v) is 39.9. The van der Waals surface area contributed by atoms with Crippen molar-refractivity contribution in [2.24, 2.45) is 16.7 Å². The number of fused-ring (bicyclic) bond motifs is 6. The number of methoxy groups -OCH3 is 1. The molecule has 2 aromatic heterocycles. The molecule has 2 aromatic carbocycles. The third-order valence-corrected chi connectivity index (χ3v) is 14.3. The van der Waals surface area contributed by atoms with Gasteiger partial charge in [0.2, 0.25) is 17.7 Å². The van der Waals surface area contributed by atoms with Crippen LogP contribution in [0.1, 0.15) is 90.2 Å². The third kappa shape index (κ3) is 9.19. The Hall–Kier alpha value is -6.06. The number of cyclic esters (lactones) is 1. The molecule has 15 nitrogen and oxygen atoms in total. The van der Waals surface area contributed by atoms with Crippen LogP contribution in [0.15, 0.2) is 67.4 Å². The predicted octanol–water partition coefficient (Wildman–Crippen LogP) is 6.11. The molecule has 0 radical (unpaired) electrons. The van der Waals surface area contributed by atoms with Gasteiger partial charge in [0.25, 0.3) is 5.91 Å². The predicted molar refractivity (Wildman–Crippen MR) is 254 cm³/mol. The number of aromatic nitrogens is 2. The maximum Gasteiger partial charge on any atom is 0.324 e. The Morgan fingerprint density at radius 2 is 1.84 bits per heavy atom. The number of likely N-dealkylation sites (tertiary alicyclic amines) is 2. The van der Waals surface area contributed by atoms with Crippen LogP contribution in [0.4, 0.5) is 0 Å². The first kappa shape index (κ1) is 47.4. The SMILES string of the molecule is C=CC(=O)N1CC[C@]2(CCN(C(C(=O)N[C@H]3Cc4cc(O)cc(c4)-c4ccc5c(c4)c(c(-c4cccnc4[C@H](C)OC)n5CC)CC(C)(C)COC(=O)[C@@H]4CCCN(N4)C3=O)C(C)C)C2=O)C1. The van der Waals surface area contributed by atoms with E-state index in [0.29, 0.717) is 57.3 Å². The second-order valence-electron chi connectivity index (χ2n) is 20.0. The molecule has 1 spiro atoms. The van der Waals surface area contributed by atoms with E-state index in [9.17, 15) is 29.1 Å². The van der Waals surface area contributed by atoms with Crippen molar-refractivity contribution in [1.82, 2.24) is 35.1 Å². The van der Waals surface area contributed by atoms with Crippen molar-refractivity contribution in [1.29, 1.82) is 0 Å². The summed E-state index contributed by atoms with van der Waals surface area (Å²) in [7, 11) is 1.67. The Morgan fingerprint density at radius 1 is 1.06 bits per heavy atom. The normalized spacial score (nSPS) is 23.1. The second-order valence-corrected chi connectivity index (χ2v) is 20.0. The summed E-state index contributed by atoms with van der Waals surface area (Å²) in [5.41, 5.74) is 8.79. The number of nitrogens with zero attached hydrogens (tertiary/aromatic N) is 5. The molecule has 6 heterocycles. The van der Waals surface area contributed by atoms with Crippen molar-refractivity contribution in [3.05, 3.63) is 84.2 Å². The van der Waals surface area contributed by atoms with Crippen LogP contribution < -0.4 is 10.7 Å². The standard InChI is InChI=1S/C52H65N7O8/c1-9-43(61)56-21-17-52(29-56)18-22-58(50(52)65)45(31(3)4)47(62)54-41-25-33-23-35(26-36(60)24-33)34-15-16-42-38(27-34)39(46(57(42)10-2)37-13-11-19-53-44(37)32(5)66-8)28-51(6,7)30-67-49(64)40-14-12-20-59(55-40)48(41)63/h9,11,13,15-16,19,23-24,26-27,31-32,40-41,45,55,60H,1,10,12,14,17-18,20-22,25,28-30H2,2-8H3,(H,54,62)/t32-,40-,41-,45?,52-/m0/s1. The quantitative estimate of drug-likeness (QED) is 0.131. The van der Waals surface area contributed by atoms with Crippen molar-refractivity contribution in [3.8, 4) is 28.1 Å².